The minimum atomic E-state index is 1.02. The van der Waals surface area contributed by atoms with Crippen LogP contribution in [-0.4, -0.2) is 0 Å². The van der Waals surface area contributed by atoms with Crippen LogP contribution in [0.1, 0.15) is 33.4 Å². The summed E-state index contributed by atoms with van der Waals surface area (Å²) in [4.78, 5) is 0. The molecule has 0 nitrogen and oxygen atoms in total. The standard InChI is InChI=1S/C34H26/c1-21-17-32(30-16-8-14-28-26-12-6-4-10-24(26)20-34(28)30)22(2)18-31(21)29-15-7-13-27-25-11-5-3-9-23(25)19-33(27)29/h3-18H,19-20H2,1-2H3. The first-order chi connectivity index (χ1) is 16.7. The average molecular weight is 435 g/mol. The molecule has 2 aliphatic rings. The maximum Gasteiger partial charge on any atom is -0.000728 e. The molecule has 0 heteroatoms. The molecule has 0 bridgehead atoms. The van der Waals surface area contributed by atoms with Gasteiger partial charge in [0.25, 0.3) is 0 Å². The fourth-order valence-corrected chi connectivity index (χ4v) is 6.22. The Balaban J connectivity index is 1.36. The molecule has 162 valence electrons. The molecule has 5 aromatic rings. The molecule has 34 heavy (non-hydrogen) atoms. The Morgan fingerprint density at radius 1 is 0.382 bits per heavy atom. The van der Waals surface area contributed by atoms with Crippen molar-refractivity contribution in [3.8, 4) is 44.5 Å². The number of aryl methyl sites for hydroxylation is 2. The molecule has 0 N–H and O–H groups in total. The molecular weight excluding hydrogens is 408 g/mol. The van der Waals surface area contributed by atoms with Crippen LogP contribution in [0.3, 0.4) is 0 Å². The van der Waals surface area contributed by atoms with Gasteiger partial charge in [-0.3, -0.25) is 0 Å². The van der Waals surface area contributed by atoms with Gasteiger partial charge in [-0.15, -0.1) is 0 Å². The second kappa shape index (κ2) is 7.30. The van der Waals surface area contributed by atoms with Gasteiger partial charge in [-0.25, -0.2) is 0 Å². The van der Waals surface area contributed by atoms with Crippen LogP contribution in [0.15, 0.2) is 97.1 Å². The van der Waals surface area contributed by atoms with Crippen molar-refractivity contribution in [3.63, 3.8) is 0 Å². The van der Waals surface area contributed by atoms with Crippen molar-refractivity contribution in [3.05, 3.63) is 130 Å². The maximum absolute atomic E-state index is 2.42. The molecule has 0 atom stereocenters. The van der Waals surface area contributed by atoms with Crippen molar-refractivity contribution in [2.45, 2.75) is 26.7 Å². The lowest BCUT2D eigenvalue weighted by atomic mass is 9.87. The lowest BCUT2D eigenvalue weighted by Crippen LogP contribution is -1.95. The fourth-order valence-electron chi connectivity index (χ4n) is 6.22. The third-order valence-corrected chi connectivity index (χ3v) is 7.85. The van der Waals surface area contributed by atoms with Crippen LogP contribution in [0.25, 0.3) is 44.5 Å². The summed E-state index contributed by atoms with van der Waals surface area (Å²) in [7, 11) is 0. The Bertz CT molecular complexity index is 1490. The van der Waals surface area contributed by atoms with Crippen molar-refractivity contribution in [1.29, 1.82) is 0 Å². The summed E-state index contributed by atoms with van der Waals surface area (Å²) in [5.74, 6) is 0. The lowest BCUT2D eigenvalue weighted by molar-refractivity contribution is 1.25. The van der Waals surface area contributed by atoms with E-state index in [0.29, 0.717) is 0 Å². The van der Waals surface area contributed by atoms with Gasteiger partial charge in [-0.1, -0.05) is 97.1 Å². The summed E-state index contributed by atoms with van der Waals surface area (Å²) in [5.41, 5.74) is 19.6. The molecule has 2 aliphatic carbocycles. The molecule has 0 saturated heterocycles. The highest BCUT2D eigenvalue weighted by atomic mass is 14.3. The molecule has 5 aromatic carbocycles. The Morgan fingerprint density at radius 2 is 0.735 bits per heavy atom. The summed E-state index contributed by atoms with van der Waals surface area (Å²) >= 11 is 0. The van der Waals surface area contributed by atoms with Gasteiger partial charge in [-0.05, 0) is 105 Å². The first-order valence-corrected chi connectivity index (χ1v) is 12.2. The summed E-state index contributed by atoms with van der Waals surface area (Å²) in [6.45, 7) is 4.55. The second-order valence-electron chi connectivity index (χ2n) is 9.81. The van der Waals surface area contributed by atoms with Gasteiger partial charge in [0.1, 0.15) is 0 Å². The zero-order chi connectivity index (χ0) is 22.8. The minimum Gasteiger partial charge on any atom is -0.0619 e. The van der Waals surface area contributed by atoms with Crippen LogP contribution >= 0.6 is 0 Å². The van der Waals surface area contributed by atoms with E-state index in [0.717, 1.165) is 12.8 Å². The number of hydrogen-bond donors (Lipinski definition) is 0. The van der Waals surface area contributed by atoms with E-state index in [1.807, 2.05) is 0 Å². The molecule has 0 amide bonds. The van der Waals surface area contributed by atoms with Gasteiger partial charge in [-0.2, -0.15) is 0 Å². The molecule has 0 radical (unpaired) electrons. The van der Waals surface area contributed by atoms with Crippen molar-refractivity contribution in [2.24, 2.45) is 0 Å². The molecule has 0 fully saturated rings. The Hall–Kier alpha value is -3.90. The minimum absolute atomic E-state index is 1.02. The monoisotopic (exact) mass is 434 g/mol. The topological polar surface area (TPSA) is 0 Å². The van der Waals surface area contributed by atoms with Crippen molar-refractivity contribution >= 4 is 0 Å². The largest absolute Gasteiger partial charge is 0.0619 e. The molecule has 0 aliphatic heterocycles. The fraction of sp³-hybridized carbons (Fsp3) is 0.118. The van der Waals surface area contributed by atoms with E-state index in [9.17, 15) is 0 Å². The SMILES string of the molecule is Cc1cc(-c2cccc3c2Cc2ccccc2-3)c(C)cc1-c1cccc2c1Cc1ccccc1-2. The molecule has 0 spiro atoms. The van der Waals surface area contributed by atoms with Crippen molar-refractivity contribution < 1.29 is 0 Å². The number of hydrogen-bond acceptors (Lipinski definition) is 0. The van der Waals surface area contributed by atoms with Gasteiger partial charge in [0.15, 0.2) is 0 Å². The van der Waals surface area contributed by atoms with Crippen LogP contribution in [0.5, 0.6) is 0 Å². The maximum atomic E-state index is 2.42. The molecule has 0 unspecified atom stereocenters. The van der Waals surface area contributed by atoms with Crippen LogP contribution in [0, 0.1) is 13.8 Å². The molecule has 0 saturated carbocycles. The van der Waals surface area contributed by atoms with Crippen LogP contribution < -0.4 is 0 Å². The van der Waals surface area contributed by atoms with E-state index in [2.05, 4.69) is 111 Å². The van der Waals surface area contributed by atoms with E-state index in [1.54, 1.807) is 0 Å². The first kappa shape index (κ1) is 19.6. The van der Waals surface area contributed by atoms with Gasteiger partial charge in [0.05, 0.1) is 0 Å². The second-order valence-corrected chi connectivity index (χ2v) is 9.81. The highest BCUT2D eigenvalue weighted by molar-refractivity contribution is 5.89. The van der Waals surface area contributed by atoms with Crippen LogP contribution in [0.4, 0.5) is 0 Å². The predicted molar refractivity (Wildman–Crippen MR) is 143 cm³/mol. The number of benzene rings is 5. The van der Waals surface area contributed by atoms with Gasteiger partial charge >= 0.3 is 0 Å². The zero-order valence-electron chi connectivity index (χ0n) is 19.7. The number of fused-ring (bicyclic) bond motifs is 6. The smallest absolute Gasteiger partial charge is 0.000728 e. The van der Waals surface area contributed by atoms with E-state index < -0.39 is 0 Å². The first-order valence-electron chi connectivity index (χ1n) is 12.2. The van der Waals surface area contributed by atoms with Crippen molar-refractivity contribution in [2.75, 3.05) is 0 Å². The summed E-state index contributed by atoms with van der Waals surface area (Å²) < 4.78 is 0. The Labute approximate surface area is 201 Å². The highest BCUT2D eigenvalue weighted by Gasteiger charge is 2.24. The lowest BCUT2D eigenvalue weighted by Gasteiger charge is -2.17. The Morgan fingerprint density at radius 3 is 1.18 bits per heavy atom. The van der Waals surface area contributed by atoms with E-state index >= 15 is 0 Å². The molecular formula is C34H26. The quantitative estimate of drug-likeness (QED) is 0.255. The predicted octanol–water partition coefficient (Wildman–Crippen LogP) is 8.78. The van der Waals surface area contributed by atoms with E-state index in [4.69, 9.17) is 0 Å². The molecule has 7 rings (SSSR count). The summed E-state index contributed by atoms with van der Waals surface area (Å²) in [6, 6.07) is 36.2. The molecule has 0 aromatic heterocycles. The zero-order valence-corrected chi connectivity index (χ0v) is 19.7. The van der Waals surface area contributed by atoms with E-state index in [-0.39, 0.29) is 0 Å². The third kappa shape index (κ3) is 2.78. The van der Waals surface area contributed by atoms with E-state index in [1.165, 1.54) is 77.9 Å². The van der Waals surface area contributed by atoms with Crippen LogP contribution in [-0.2, 0) is 12.8 Å². The Kier molecular flexibility index (Phi) is 4.20. The summed E-state index contributed by atoms with van der Waals surface area (Å²) in [6.07, 6.45) is 2.04. The van der Waals surface area contributed by atoms with Gasteiger partial charge in [0, 0.05) is 0 Å². The van der Waals surface area contributed by atoms with Gasteiger partial charge in [0.2, 0.25) is 0 Å². The summed E-state index contributed by atoms with van der Waals surface area (Å²) in [5, 5.41) is 0. The molecule has 0 heterocycles. The van der Waals surface area contributed by atoms with Gasteiger partial charge < -0.3 is 0 Å². The highest BCUT2D eigenvalue weighted by Crippen LogP contribution is 2.45. The van der Waals surface area contributed by atoms with Crippen LogP contribution in [0.2, 0.25) is 0 Å². The number of rotatable bonds is 2. The normalized spacial score (nSPS) is 12.8. The average Bonchev–Trinajstić information content (AvgIpc) is 3.44. The third-order valence-electron chi connectivity index (χ3n) is 7.85. The van der Waals surface area contributed by atoms with Crippen molar-refractivity contribution in [1.82, 2.24) is 0 Å².